The molecule has 0 saturated carbocycles. The minimum absolute atomic E-state index is 0.192. The molecule has 1 unspecified atom stereocenters. The molecule has 0 aliphatic carbocycles. The number of hydrogen-bond donors (Lipinski definition) is 0. The highest BCUT2D eigenvalue weighted by molar-refractivity contribution is 6.62. The lowest BCUT2D eigenvalue weighted by Crippen LogP contribution is -2.53. The molecule has 2 aliphatic heterocycles. The molecule has 162 valence electrons. The summed E-state index contributed by atoms with van der Waals surface area (Å²) in [6.45, 7) is 19.3. The number of piperazine rings is 1. The Bertz CT molecular complexity index is 714. The number of ether oxygens (including phenoxy) is 1. The first-order valence-corrected chi connectivity index (χ1v) is 10.9. The highest BCUT2D eigenvalue weighted by Crippen LogP contribution is 2.40. The van der Waals surface area contributed by atoms with Crippen molar-refractivity contribution < 1.29 is 14.0 Å². The first-order valence-electron chi connectivity index (χ1n) is 10.9. The standard InChI is InChI=1S/C22H38BN3O3/c1-9-10-22(7)21(5,6)28-23(29-22)17-15-18(19(27-8)24-16-17)25-11-13-26(14-12-25)20(2,3)4/h15-16H,9-14H2,1-8H3. The molecule has 0 N–H and O–H groups in total. The van der Waals surface area contributed by atoms with Gasteiger partial charge in [0, 0.05) is 43.4 Å². The maximum atomic E-state index is 6.44. The molecular formula is C22H38BN3O3. The molecule has 7 heteroatoms. The lowest BCUT2D eigenvalue weighted by molar-refractivity contribution is -0.0159. The molecule has 2 saturated heterocycles. The summed E-state index contributed by atoms with van der Waals surface area (Å²) in [5.41, 5.74) is 1.49. The maximum Gasteiger partial charge on any atom is 0.496 e. The van der Waals surface area contributed by atoms with Gasteiger partial charge in [0.1, 0.15) is 0 Å². The van der Waals surface area contributed by atoms with E-state index in [1.165, 1.54) is 0 Å². The van der Waals surface area contributed by atoms with Crippen molar-refractivity contribution in [3.05, 3.63) is 12.3 Å². The molecule has 0 amide bonds. The van der Waals surface area contributed by atoms with E-state index in [0.717, 1.165) is 50.2 Å². The Morgan fingerprint density at radius 3 is 2.34 bits per heavy atom. The summed E-state index contributed by atoms with van der Waals surface area (Å²) in [5.74, 6) is 0.659. The van der Waals surface area contributed by atoms with Crippen molar-refractivity contribution in [1.82, 2.24) is 9.88 Å². The van der Waals surface area contributed by atoms with Crippen molar-refractivity contribution in [2.45, 2.75) is 78.0 Å². The molecule has 1 atom stereocenters. The molecule has 29 heavy (non-hydrogen) atoms. The van der Waals surface area contributed by atoms with E-state index >= 15 is 0 Å². The van der Waals surface area contributed by atoms with E-state index in [1.807, 2.05) is 6.20 Å². The molecule has 2 fully saturated rings. The van der Waals surface area contributed by atoms with Crippen molar-refractivity contribution in [3.63, 3.8) is 0 Å². The quantitative estimate of drug-likeness (QED) is 0.705. The van der Waals surface area contributed by atoms with E-state index in [-0.39, 0.29) is 16.7 Å². The highest BCUT2D eigenvalue weighted by Gasteiger charge is 2.54. The van der Waals surface area contributed by atoms with Gasteiger partial charge in [-0.1, -0.05) is 13.3 Å². The molecule has 1 aromatic rings. The second-order valence-electron chi connectivity index (χ2n) is 10.0. The minimum atomic E-state index is -0.408. The third kappa shape index (κ3) is 4.42. The molecule has 3 heterocycles. The third-order valence-electron chi connectivity index (χ3n) is 6.66. The lowest BCUT2D eigenvalue weighted by atomic mass is 9.80. The van der Waals surface area contributed by atoms with Crippen LogP contribution in [0, 0.1) is 0 Å². The zero-order valence-corrected chi connectivity index (χ0v) is 19.5. The molecule has 1 aromatic heterocycles. The zero-order valence-electron chi connectivity index (χ0n) is 19.5. The van der Waals surface area contributed by atoms with E-state index in [0.29, 0.717) is 5.88 Å². The summed E-state index contributed by atoms with van der Waals surface area (Å²) in [6, 6.07) is 2.14. The zero-order chi connectivity index (χ0) is 21.4. The van der Waals surface area contributed by atoms with E-state index < -0.39 is 7.12 Å². The van der Waals surface area contributed by atoms with Crippen LogP contribution in [0.3, 0.4) is 0 Å². The van der Waals surface area contributed by atoms with Crippen LogP contribution in [0.4, 0.5) is 5.69 Å². The second kappa shape index (κ2) is 8.08. The number of pyridine rings is 1. The molecule has 3 rings (SSSR count). The summed E-state index contributed by atoms with van der Waals surface area (Å²) >= 11 is 0. The van der Waals surface area contributed by atoms with Crippen LogP contribution in [0.1, 0.15) is 61.3 Å². The fourth-order valence-corrected chi connectivity index (χ4v) is 4.35. The van der Waals surface area contributed by atoms with Crippen molar-refractivity contribution in [3.8, 4) is 5.88 Å². The summed E-state index contributed by atoms with van der Waals surface area (Å²) in [7, 11) is 1.27. The predicted octanol–water partition coefficient (Wildman–Crippen LogP) is 3.09. The van der Waals surface area contributed by atoms with Gasteiger partial charge in [-0.25, -0.2) is 4.98 Å². The SMILES string of the molecule is CCCC1(C)OB(c2cnc(OC)c(N3CCN(C(C)(C)C)CC3)c2)OC1(C)C. The maximum absolute atomic E-state index is 6.44. The summed E-state index contributed by atoms with van der Waals surface area (Å²) < 4.78 is 18.4. The van der Waals surface area contributed by atoms with Gasteiger partial charge in [-0.15, -0.1) is 0 Å². The van der Waals surface area contributed by atoms with E-state index in [4.69, 9.17) is 14.0 Å². The summed E-state index contributed by atoms with van der Waals surface area (Å²) in [5, 5.41) is 0. The monoisotopic (exact) mass is 403 g/mol. The van der Waals surface area contributed by atoms with E-state index in [9.17, 15) is 0 Å². The molecule has 0 bridgehead atoms. The van der Waals surface area contributed by atoms with Crippen LogP contribution < -0.4 is 15.1 Å². The molecule has 6 nitrogen and oxygen atoms in total. The Labute approximate surface area is 177 Å². The number of aromatic nitrogens is 1. The Morgan fingerprint density at radius 2 is 1.79 bits per heavy atom. The number of anilines is 1. The summed E-state index contributed by atoms with van der Waals surface area (Å²) in [6.07, 6.45) is 3.84. The highest BCUT2D eigenvalue weighted by atomic mass is 16.7. The van der Waals surface area contributed by atoms with E-state index in [2.05, 4.69) is 69.3 Å². The minimum Gasteiger partial charge on any atom is -0.480 e. The molecule has 0 spiro atoms. The van der Waals surface area contributed by atoms with Crippen LogP contribution in [0.2, 0.25) is 0 Å². The first-order chi connectivity index (χ1) is 13.5. The van der Waals surface area contributed by atoms with Gasteiger partial charge in [0.05, 0.1) is 24.0 Å². The number of nitrogens with zero attached hydrogens (tertiary/aromatic N) is 3. The first kappa shape index (κ1) is 22.4. The normalized spacial score (nSPS) is 25.5. The van der Waals surface area contributed by atoms with Gasteiger partial charge in [0.15, 0.2) is 0 Å². The molecule has 2 aliphatic rings. The molecular weight excluding hydrogens is 365 g/mol. The van der Waals surface area contributed by atoms with Crippen LogP contribution in [-0.4, -0.2) is 67.0 Å². The van der Waals surface area contributed by atoms with Gasteiger partial charge in [0.25, 0.3) is 0 Å². The van der Waals surface area contributed by atoms with Crippen LogP contribution in [-0.2, 0) is 9.31 Å². The van der Waals surface area contributed by atoms with Gasteiger partial charge < -0.3 is 18.9 Å². The predicted molar refractivity (Wildman–Crippen MR) is 119 cm³/mol. The third-order valence-corrected chi connectivity index (χ3v) is 6.66. The van der Waals surface area contributed by atoms with Gasteiger partial charge in [-0.3, -0.25) is 4.90 Å². The van der Waals surface area contributed by atoms with Crippen LogP contribution in [0.5, 0.6) is 5.88 Å². The van der Waals surface area contributed by atoms with Gasteiger partial charge in [-0.05, 0) is 54.0 Å². The van der Waals surface area contributed by atoms with Crippen molar-refractivity contribution in [1.29, 1.82) is 0 Å². The summed E-state index contributed by atoms with van der Waals surface area (Å²) in [4.78, 5) is 9.48. The van der Waals surface area contributed by atoms with Crippen LogP contribution >= 0.6 is 0 Å². The Balaban J connectivity index is 1.82. The lowest BCUT2D eigenvalue weighted by Gasteiger charge is -2.43. The Kier molecular flexibility index (Phi) is 6.24. The second-order valence-corrected chi connectivity index (χ2v) is 10.0. The average molecular weight is 403 g/mol. The molecule has 0 aromatic carbocycles. The largest absolute Gasteiger partial charge is 0.496 e. The smallest absolute Gasteiger partial charge is 0.480 e. The number of rotatable bonds is 5. The fourth-order valence-electron chi connectivity index (χ4n) is 4.35. The number of hydrogen-bond acceptors (Lipinski definition) is 6. The van der Waals surface area contributed by atoms with Crippen molar-refractivity contribution in [2.24, 2.45) is 0 Å². The molecule has 0 radical (unpaired) electrons. The van der Waals surface area contributed by atoms with Gasteiger partial charge in [0.2, 0.25) is 5.88 Å². The fraction of sp³-hybridized carbons (Fsp3) is 0.773. The number of methoxy groups -OCH3 is 1. The van der Waals surface area contributed by atoms with Crippen LogP contribution in [0.25, 0.3) is 0 Å². The van der Waals surface area contributed by atoms with Crippen molar-refractivity contribution >= 4 is 18.3 Å². The van der Waals surface area contributed by atoms with Crippen LogP contribution in [0.15, 0.2) is 12.3 Å². The van der Waals surface area contributed by atoms with E-state index in [1.54, 1.807) is 7.11 Å². The van der Waals surface area contributed by atoms with Gasteiger partial charge in [-0.2, -0.15) is 0 Å². The Hall–Kier alpha value is -1.31. The topological polar surface area (TPSA) is 47.1 Å². The van der Waals surface area contributed by atoms with Crippen molar-refractivity contribution in [2.75, 3.05) is 38.2 Å². The Morgan fingerprint density at radius 1 is 1.14 bits per heavy atom. The van der Waals surface area contributed by atoms with Gasteiger partial charge >= 0.3 is 7.12 Å². The average Bonchev–Trinajstić information content (AvgIpc) is 2.90.